The molecule has 0 radical (unpaired) electrons. The van der Waals surface area contributed by atoms with E-state index in [4.69, 9.17) is 11.5 Å². The van der Waals surface area contributed by atoms with Crippen molar-refractivity contribution in [2.24, 2.45) is 0 Å². The highest BCUT2D eigenvalue weighted by atomic mass is 16.3. The Labute approximate surface area is 134 Å². The van der Waals surface area contributed by atoms with Crippen molar-refractivity contribution in [3.05, 3.63) is 52.8 Å². The second-order valence-electron chi connectivity index (χ2n) is 5.91. The lowest BCUT2D eigenvalue weighted by molar-refractivity contribution is 0.484. The first-order valence-electron chi connectivity index (χ1n) is 7.43. The van der Waals surface area contributed by atoms with Crippen molar-refractivity contribution < 1.29 is 5.11 Å². The summed E-state index contributed by atoms with van der Waals surface area (Å²) in [5.74, 6) is -0.0165. The number of pyridine rings is 1. The van der Waals surface area contributed by atoms with Gasteiger partial charge in [0.15, 0.2) is 0 Å². The number of nitrogens with two attached hydrogens (primary N) is 2. The molecular formula is C18H12N4O2. The summed E-state index contributed by atoms with van der Waals surface area (Å²) in [5, 5.41) is 12.7. The Morgan fingerprint density at radius 3 is 2.62 bits per heavy atom. The molecule has 0 aliphatic heterocycles. The van der Waals surface area contributed by atoms with Gasteiger partial charge in [-0.3, -0.25) is 9.20 Å². The van der Waals surface area contributed by atoms with Gasteiger partial charge in [-0.1, -0.05) is 18.2 Å². The summed E-state index contributed by atoms with van der Waals surface area (Å²) in [6, 6.07) is 12.2. The zero-order valence-corrected chi connectivity index (χ0v) is 12.4. The Hall–Kier alpha value is -3.54. The highest BCUT2D eigenvalue weighted by Crippen LogP contribution is 2.37. The molecule has 0 amide bonds. The lowest BCUT2D eigenvalue weighted by Gasteiger charge is -2.10. The van der Waals surface area contributed by atoms with Crippen LogP contribution in [0.15, 0.2) is 47.3 Å². The summed E-state index contributed by atoms with van der Waals surface area (Å²) in [7, 11) is 0. The third-order valence-corrected chi connectivity index (χ3v) is 4.52. The molecule has 2 aromatic heterocycles. The van der Waals surface area contributed by atoms with E-state index in [1.54, 1.807) is 28.7 Å². The van der Waals surface area contributed by atoms with E-state index in [1.165, 1.54) is 6.07 Å². The van der Waals surface area contributed by atoms with Crippen molar-refractivity contribution >= 4 is 49.6 Å². The molecule has 6 heteroatoms. The maximum Gasteiger partial charge on any atom is 0.264 e. The van der Waals surface area contributed by atoms with Crippen molar-refractivity contribution in [3.63, 3.8) is 0 Å². The fourth-order valence-electron chi connectivity index (χ4n) is 3.45. The molecule has 0 bridgehead atoms. The molecule has 3 aromatic carbocycles. The number of benzene rings is 3. The molecule has 2 heterocycles. The molecule has 0 atom stereocenters. The third kappa shape index (κ3) is 1.40. The van der Waals surface area contributed by atoms with Crippen LogP contribution in [-0.4, -0.2) is 14.5 Å². The standard InChI is InChI=1S/C18H12N4O2/c19-8-4-5-14-13(6-8)21-17-10-3-1-2-9-15(10)11(18(24)22(14)17)7-12(20)16(9)23/h1-7,23H,19-20H2. The zero-order valence-electron chi connectivity index (χ0n) is 12.4. The molecule has 0 saturated carbocycles. The van der Waals surface area contributed by atoms with E-state index in [0.29, 0.717) is 38.5 Å². The third-order valence-electron chi connectivity index (χ3n) is 4.52. The Bertz CT molecular complexity index is 1350. The van der Waals surface area contributed by atoms with Gasteiger partial charge in [-0.15, -0.1) is 0 Å². The smallest absolute Gasteiger partial charge is 0.264 e. The van der Waals surface area contributed by atoms with Gasteiger partial charge in [-0.05, 0) is 24.3 Å². The molecule has 6 nitrogen and oxygen atoms in total. The second-order valence-corrected chi connectivity index (χ2v) is 5.91. The molecule has 0 aliphatic rings. The summed E-state index contributed by atoms with van der Waals surface area (Å²) in [6.07, 6.45) is 0. The lowest BCUT2D eigenvalue weighted by Crippen LogP contribution is -2.13. The quantitative estimate of drug-likeness (QED) is 0.300. The fraction of sp³-hybridized carbons (Fsp3) is 0. The summed E-state index contributed by atoms with van der Waals surface area (Å²) < 4.78 is 1.57. The summed E-state index contributed by atoms with van der Waals surface area (Å²) >= 11 is 0. The number of imidazole rings is 1. The molecule has 0 aliphatic carbocycles. The maximum atomic E-state index is 13.1. The van der Waals surface area contributed by atoms with Gasteiger partial charge in [0.05, 0.1) is 22.1 Å². The number of phenols is 1. The number of fused-ring (bicyclic) bond motifs is 4. The van der Waals surface area contributed by atoms with Gasteiger partial charge in [-0.25, -0.2) is 4.98 Å². The van der Waals surface area contributed by atoms with Crippen LogP contribution in [0.1, 0.15) is 0 Å². The minimum absolute atomic E-state index is 0.0165. The first kappa shape index (κ1) is 13.0. The molecule has 5 rings (SSSR count). The summed E-state index contributed by atoms with van der Waals surface area (Å²) in [4.78, 5) is 17.7. The maximum absolute atomic E-state index is 13.1. The highest BCUT2D eigenvalue weighted by molar-refractivity contribution is 6.18. The first-order chi connectivity index (χ1) is 11.6. The minimum atomic E-state index is -0.215. The van der Waals surface area contributed by atoms with Crippen LogP contribution in [0.2, 0.25) is 0 Å². The predicted molar refractivity (Wildman–Crippen MR) is 95.7 cm³/mol. The SMILES string of the molecule is Nc1ccc2c(c1)nc1c3cccc4c(O)c(N)cc(c(=O)n21)c43. The van der Waals surface area contributed by atoms with Gasteiger partial charge in [0.1, 0.15) is 11.4 Å². The Morgan fingerprint density at radius 1 is 1.00 bits per heavy atom. The average molecular weight is 316 g/mol. The van der Waals surface area contributed by atoms with Crippen LogP contribution in [0.5, 0.6) is 5.75 Å². The van der Waals surface area contributed by atoms with Crippen LogP contribution in [0.3, 0.4) is 0 Å². The van der Waals surface area contributed by atoms with E-state index >= 15 is 0 Å². The largest absolute Gasteiger partial charge is 0.505 e. The molecule has 0 fully saturated rings. The molecular weight excluding hydrogens is 304 g/mol. The first-order valence-corrected chi connectivity index (χ1v) is 7.43. The van der Waals surface area contributed by atoms with Crippen molar-refractivity contribution in [3.8, 4) is 5.75 Å². The Kier molecular flexibility index (Phi) is 2.19. The van der Waals surface area contributed by atoms with Gasteiger partial charge >= 0.3 is 0 Å². The van der Waals surface area contributed by atoms with E-state index in [2.05, 4.69) is 4.98 Å². The molecule has 0 saturated heterocycles. The van der Waals surface area contributed by atoms with Crippen molar-refractivity contribution in [1.29, 1.82) is 0 Å². The average Bonchev–Trinajstić information content (AvgIpc) is 2.95. The second kappa shape index (κ2) is 4.05. The van der Waals surface area contributed by atoms with Crippen LogP contribution < -0.4 is 17.0 Å². The van der Waals surface area contributed by atoms with Gasteiger partial charge in [0.25, 0.3) is 5.56 Å². The number of aromatic nitrogens is 2. The van der Waals surface area contributed by atoms with Crippen molar-refractivity contribution in [1.82, 2.24) is 9.38 Å². The van der Waals surface area contributed by atoms with Gasteiger partial charge in [0, 0.05) is 21.8 Å². The number of nitrogen functional groups attached to an aromatic ring is 2. The number of hydrogen-bond acceptors (Lipinski definition) is 5. The minimum Gasteiger partial charge on any atom is -0.505 e. The van der Waals surface area contributed by atoms with Gasteiger partial charge in [-0.2, -0.15) is 0 Å². The van der Waals surface area contributed by atoms with Crippen LogP contribution in [0, 0.1) is 0 Å². The Balaban J connectivity index is 2.20. The lowest BCUT2D eigenvalue weighted by atomic mass is 10.0. The van der Waals surface area contributed by atoms with E-state index in [9.17, 15) is 9.90 Å². The predicted octanol–water partition coefficient (Wildman–Crippen LogP) is 2.46. The van der Waals surface area contributed by atoms with Crippen LogP contribution in [-0.2, 0) is 0 Å². The molecule has 116 valence electrons. The number of aromatic hydroxyl groups is 1. The van der Waals surface area contributed by atoms with Crippen LogP contribution in [0.4, 0.5) is 11.4 Å². The number of phenolic OH excluding ortho intramolecular Hbond substituents is 1. The van der Waals surface area contributed by atoms with E-state index in [0.717, 1.165) is 5.39 Å². The molecule has 0 spiro atoms. The van der Waals surface area contributed by atoms with E-state index in [1.807, 2.05) is 12.1 Å². The van der Waals surface area contributed by atoms with Crippen LogP contribution >= 0.6 is 0 Å². The zero-order chi connectivity index (χ0) is 16.6. The van der Waals surface area contributed by atoms with E-state index < -0.39 is 0 Å². The highest BCUT2D eigenvalue weighted by Gasteiger charge is 2.18. The Morgan fingerprint density at radius 2 is 1.79 bits per heavy atom. The van der Waals surface area contributed by atoms with Crippen LogP contribution in [0.25, 0.3) is 38.2 Å². The van der Waals surface area contributed by atoms with Gasteiger partial charge < -0.3 is 16.6 Å². The van der Waals surface area contributed by atoms with Crippen molar-refractivity contribution in [2.45, 2.75) is 0 Å². The number of nitrogens with zero attached hydrogens (tertiary/aromatic N) is 2. The number of rotatable bonds is 0. The van der Waals surface area contributed by atoms with Crippen molar-refractivity contribution in [2.75, 3.05) is 11.5 Å². The fourth-order valence-corrected chi connectivity index (χ4v) is 3.45. The number of anilines is 2. The molecule has 5 N–H and O–H groups in total. The van der Waals surface area contributed by atoms with E-state index in [-0.39, 0.29) is 17.0 Å². The molecule has 0 unspecified atom stereocenters. The molecule has 5 aromatic rings. The van der Waals surface area contributed by atoms with Gasteiger partial charge in [0.2, 0.25) is 0 Å². The summed E-state index contributed by atoms with van der Waals surface area (Å²) in [6.45, 7) is 0. The monoisotopic (exact) mass is 316 g/mol. The number of hydrogen-bond donors (Lipinski definition) is 3. The normalized spacial score (nSPS) is 12.0. The summed E-state index contributed by atoms with van der Waals surface area (Å²) in [5.41, 5.74) is 14.2. The topological polar surface area (TPSA) is 107 Å². The molecule has 24 heavy (non-hydrogen) atoms.